The number of rotatable bonds is 6. The first-order valence-corrected chi connectivity index (χ1v) is 7.67. The highest BCUT2D eigenvalue weighted by Gasteiger charge is 2.32. The molecule has 1 aliphatic rings. The number of nitrogens with two attached hydrogens (primary N) is 1. The maximum atomic E-state index is 12.2. The summed E-state index contributed by atoms with van der Waals surface area (Å²) in [6.07, 6.45) is 4.14. The van der Waals surface area contributed by atoms with Gasteiger partial charge in [0.05, 0.1) is 0 Å². The molecule has 0 aromatic rings. The lowest BCUT2D eigenvalue weighted by atomic mass is 9.77. The highest BCUT2D eigenvalue weighted by molar-refractivity contribution is 5.79. The predicted molar refractivity (Wildman–Crippen MR) is 79.9 cm³/mol. The maximum Gasteiger partial charge on any atom is 0.223 e. The van der Waals surface area contributed by atoms with Crippen LogP contribution in [-0.2, 0) is 4.79 Å². The van der Waals surface area contributed by atoms with Crippen LogP contribution in [0, 0.1) is 11.8 Å². The molecular weight excluding hydrogens is 238 g/mol. The van der Waals surface area contributed by atoms with E-state index in [9.17, 15) is 4.79 Å². The Labute approximate surface area is 118 Å². The highest BCUT2D eigenvalue weighted by atomic mass is 16.1. The first-order chi connectivity index (χ1) is 8.93. The molecule has 3 unspecified atom stereocenters. The molecule has 0 aromatic carbocycles. The lowest BCUT2D eigenvalue weighted by Crippen LogP contribution is -2.44. The second kappa shape index (κ2) is 7.85. The molecule has 1 rings (SSSR count). The van der Waals surface area contributed by atoms with E-state index in [2.05, 4.69) is 38.0 Å². The van der Waals surface area contributed by atoms with Crippen LogP contribution in [0.25, 0.3) is 0 Å². The van der Waals surface area contributed by atoms with E-state index in [0.717, 1.165) is 38.8 Å². The minimum Gasteiger partial charge on any atom is -0.356 e. The Balaban J connectivity index is 2.24. The molecule has 1 amide bonds. The van der Waals surface area contributed by atoms with Gasteiger partial charge in [0.15, 0.2) is 0 Å². The van der Waals surface area contributed by atoms with Gasteiger partial charge in [-0.2, -0.15) is 0 Å². The number of amides is 1. The second-order valence-corrected chi connectivity index (χ2v) is 6.28. The first kappa shape index (κ1) is 16.4. The van der Waals surface area contributed by atoms with Gasteiger partial charge in [-0.1, -0.05) is 13.3 Å². The standard InChI is InChI=1S/C15H31N3O/c1-11(2)18(4)10-6-9-17-15(19)13-7-5-8-14(16)12(13)3/h11-14H,5-10,16H2,1-4H3,(H,17,19). The van der Waals surface area contributed by atoms with E-state index < -0.39 is 0 Å². The zero-order chi connectivity index (χ0) is 14.4. The summed E-state index contributed by atoms with van der Waals surface area (Å²) in [4.78, 5) is 14.4. The van der Waals surface area contributed by atoms with Crippen LogP contribution in [0.3, 0.4) is 0 Å². The van der Waals surface area contributed by atoms with Gasteiger partial charge in [-0.15, -0.1) is 0 Å². The van der Waals surface area contributed by atoms with E-state index >= 15 is 0 Å². The van der Waals surface area contributed by atoms with Gasteiger partial charge >= 0.3 is 0 Å². The number of nitrogens with zero attached hydrogens (tertiary/aromatic N) is 1. The van der Waals surface area contributed by atoms with Crippen molar-refractivity contribution in [1.29, 1.82) is 0 Å². The molecule has 1 saturated carbocycles. The number of hydrogen-bond acceptors (Lipinski definition) is 3. The molecule has 19 heavy (non-hydrogen) atoms. The molecule has 112 valence electrons. The van der Waals surface area contributed by atoms with Gasteiger partial charge in [-0.05, 0) is 52.6 Å². The third-order valence-electron chi connectivity index (χ3n) is 4.57. The average Bonchev–Trinajstić information content (AvgIpc) is 2.37. The van der Waals surface area contributed by atoms with Gasteiger partial charge in [-0.3, -0.25) is 4.79 Å². The molecule has 0 saturated heterocycles. The molecule has 0 aromatic heterocycles. The third-order valence-corrected chi connectivity index (χ3v) is 4.57. The third kappa shape index (κ3) is 5.11. The molecule has 3 atom stereocenters. The fourth-order valence-electron chi connectivity index (χ4n) is 2.70. The minimum absolute atomic E-state index is 0.117. The van der Waals surface area contributed by atoms with Crippen LogP contribution in [0.2, 0.25) is 0 Å². The van der Waals surface area contributed by atoms with E-state index in [1.54, 1.807) is 0 Å². The van der Waals surface area contributed by atoms with Crippen molar-refractivity contribution >= 4 is 5.91 Å². The van der Waals surface area contributed by atoms with E-state index in [0.29, 0.717) is 12.0 Å². The molecule has 1 fully saturated rings. The quantitative estimate of drug-likeness (QED) is 0.720. The van der Waals surface area contributed by atoms with Crippen LogP contribution < -0.4 is 11.1 Å². The van der Waals surface area contributed by atoms with Crippen molar-refractivity contribution in [3.63, 3.8) is 0 Å². The Morgan fingerprint density at radius 1 is 1.42 bits per heavy atom. The van der Waals surface area contributed by atoms with Crippen molar-refractivity contribution in [3.05, 3.63) is 0 Å². The Kier molecular flexibility index (Phi) is 6.80. The van der Waals surface area contributed by atoms with E-state index in [-0.39, 0.29) is 17.9 Å². The maximum absolute atomic E-state index is 12.2. The van der Waals surface area contributed by atoms with Gasteiger partial charge in [0.25, 0.3) is 0 Å². The van der Waals surface area contributed by atoms with Crippen molar-refractivity contribution in [2.24, 2.45) is 17.6 Å². The molecule has 0 spiro atoms. The zero-order valence-electron chi connectivity index (χ0n) is 13.0. The summed E-state index contributed by atoms with van der Waals surface area (Å²) in [5, 5.41) is 3.08. The van der Waals surface area contributed by atoms with E-state index in [1.165, 1.54) is 0 Å². The van der Waals surface area contributed by atoms with Gasteiger partial charge < -0.3 is 16.0 Å². The van der Waals surface area contributed by atoms with Crippen molar-refractivity contribution in [1.82, 2.24) is 10.2 Å². The van der Waals surface area contributed by atoms with E-state index in [4.69, 9.17) is 5.73 Å². The monoisotopic (exact) mass is 269 g/mol. The van der Waals surface area contributed by atoms with Crippen LogP contribution in [-0.4, -0.2) is 43.0 Å². The predicted octanol–water partition coefficient (Wildman–Crippen LogP) is 1.60. The fraction of sp³-hybridized carbons (Fsp3) is 0.933. The number of nitrogens with one attached hydrogen (secondary N) is 1. The Hall–Kier alpha value is -0.610. The number of carbonyl (C=O) groups excluding carboxylic acids is 1. The molecule has 0 radical (unpaired) electrons. The van der Waals surface area contributed by atoms with Crippen LogP contribution in [0.1, 0.15) is 46.5 Å². The summed E-state index contributed by atoms with van der Waals surface area (Å²) in [5.74, 6) is 0.633. The van der Waals surface area contributed by atoms with Crippen LogP contribution >= 0.6 is 0 Å². The highest BCUT2D eigenvalue weighted by Crippen LogP contribution is 2.28. The van der Waals surface area contributed by atoms with Crippen LogP contribution in [0.4, 0.5) is 0 Å². The van der Waals surface area contributed by atoms with Gasteiger partial charge in [0, 0.05) is 24.5 Å². The topological polar surface area (TPSA) is 58.4 Å². The van der Waals surface area contributed by atoms with Gasteiger partial charge in [0.2, 0.25) is 5.91 Å². The van der Waals surface area contributed by atoms with Crippen molar-refractivity contribution < 1.29 is 4.79 Å². The molecule has 1 aliphatic carbocycles. The summed E-state index contributed by atoms with van der Waals surface area (Å²) >= 11 is 0. The summed E-state index contributed by atoms with van der Waals surface area (Å²) < 4.78 is 0. The number of hydrogen-bond donors (Lipinski definition) is 2. The largest absolute Gasteiger partial charge is 0.356 e. The fourth-order valence-corrected chi connectivity index (χ4v) is 2.70. The Bertz CT molecular complexity index is 281. The molecule has 4 heteroatoms. The lowest BCUT2D eigenvalue weighted by Gasteiger charge is -2.32. The molecule has 0 heterocycles. The molecule has 0 aliphatic heterocycles. The number of carbonyl (C=O) groups is 1. The zero-order valence-corrected chi connectivity index (χ0v) is 13.0. The van der Waals surface area contributed by atoms with Gasteiger partial charge in [0.1, 0.15) is 0 Å². The summed E-state index contributed by atoms with van der Waals surface area (Å²) in [6.45, 7) is 8.28. The van der Waals surface area contributed by atoms with Gasteiger partial charge in [-0.25, -0.2) is 0 Å². The first-order valence-electron chi connectivity index (χ1n) is 7.67. The molecular formula is C15H31N3O. The molecule has 4 nitrogen and oxygen atoms in total. The second-order valence-electron chi connectivity index (χ2n) is 6.28. The summed E-state index contributed by atoms with van der Waals surface area (Å²) in [7, 11) is 2.12. The summed E-state index contributed by atoms with van der Waals surface area (Å²) in [5.41, 5.74) is 6.05. The lowest BCUT2D eigenvalue weighted by molar-refractivity contribution is -0.127. The smallest absolute Gasteiger partial charge is 0.223 e. The summed E-state index contributed by atoms with van der Waals surface area (Å²) in [6, 6.07) is 0.753. The SMILES string of the molecule is CC1C(N)CCCC1C(=O)NCCCN(C)C(C)C. The molecule has 3 N–H and O–H groups in total. The molecule has 0 bridgehead atoms. The van der Waals surface area contributed by atoms with Crippen LogP contribution in [0.15, 0.2) is 0 Å². The van der Waals surface area contributed by atoms with Crippen molar-refractivity contribution in [2.45, 2.75) is 58.5 Å². The Morgan fingerprint density at radius 3 is 2.74 bits per heavy atom. The van der Waals surface area contributed by atoms with Crippen molar-refractivity contribution in [2.75, 3.05) is 20.1 Å². The average molecular weight is 269 g/mol. The minimum atomic E-state index is 0.117. The normalized spacial score (nSPS) is 27.8. The van der Waals surface area contributed by atoms with E-state index in [1.807, 2.05) is 0 Å². The van der Waals surface area contributed by atoms with Crippen LogP contribution in [0.5, 0.6) is 0 Å². The van der Waals surface area contributed by atoms with Crippen molar-refractivity contribution in [3.8, 4) is 0 Å². The Morgan fingerprint density at radius 2 is 2.11 bits per heavy atom.